The van der Waals surface area contributed by atoms with E-state index in [9.17, 15) is 14.4 Å². The van der Waals surface area contributed by atoms with Gasteiger partial charge in [0.05, 0.1) is 10.1 Å². The summed E-state index contributed by atoms with van der Waals surface area (Å²) in [5.74, 6) is -0.806. The fourth-order valence-corrected chi connectivity index (χ4v) is 4.31. The summed E-state index contributed by atoms with van der Waals surface area (Å²) >= 11 is 2.81. The topological polar surface area (TPSA) is 101 Å². The molecule has 0 fully saturated rings. The molecule has 0 aliphatic heterocycles. The molecule has 0 saturated carbocycles. The van der Waals surface area contributed by atoms with E-state index in [1.807, 2.05) is 42.6 Å². The van der Waals surface area contributed by atoms with Crippen molar-refractivity contribution in [2.24, 2.45) is 5.73 Å². The Bertz CT molecular complexity index is 1030. The number of amides is 3. The molecule has 3 amide bonds. The molecule has 0 aliphatic carbocycles. The van der Waals surface area contributed by atoms with E-state index in [2.05, 4.69) is 10.6 Å². The van der Waals surface area contributed by atoms with Crippen LogP contribution in [0, 0.1) is 0 Å². The smallest absolute Gasteiger partial charge is 0.265 e. The van der Waals surface area contributed by atoms with Crippen molar-refractivity contribution >= 4 is 52.2 Å². The second-order valence-electron chi connectivity index (χ2n) is 6.40. The van der Waals surface area contributed by atoms with Crippen molar-refractivity contribution in [2.45, 2.75) is 23.5 Å². The summed E-state index contributed by atoms with van der Waals surface area (Å²) in [6.07, 6.45) is 0.627. The average Bonchev–Trinajstić information content (AvgIpc) is 3.28. The fraction of sp³-hybridized carbons (Fsp3) is 0.136. The van der Waals surface area contributed by atoms with E-state index in [-0.39, 0.29) is 17.1 Å². The highest BCUT2D eigenvalue weighted by molar-refractivity contribution is 8.00. The molecule has 3 aromatic rings. The summed E-state index contributed by atoms with van der Waals surface area (Å²) < 4.78 is 0. The van der Waals surface area contributed by atoms with Crippen LogP contribution in [-0.2, 0) is 4.79 Å². The largest absolute Gasteiger partial charge is 0.366 e. The predicted molar refractivity (Wildman–Crippen MR) is 122 cm³/mol. The number of thioether (sulfide) groups is 1. The number of nitrogens with one attached hydrogen (secondary N) is 2. The Labute approximate surface area is 182 Å². The van der Waals surface area contributed by atoms with E-state index in [0.717, 1.165) is 4.90 Å². The van der Waals surface area contributed by atoms with Crippen molar-refractivity contribution < 1.29 is 14.4 Å². The molecule has 4 N–H and O–H groups in total. The molecule has 1 atom stereocenters. The quantitative estimate of drug-likeness (QED) is 0.446. The van der Waals surface area contributed by atoms with Crippen LogP contribution in [0.4, 0.5) is 11.4 Å². The molecule has 8 heteroatoms. The van der Waals surface area contributed by atoms with Gasteiger partial charge >= 0.3 is 0 Å². The van der Waals surface area contributed by atoms with Gasteiger partial charge < -0.3 is 16.4 Å². The van der Waals surface area contributed by atoms with Crippen LogP contribution in [-0.4, -0.2) is 23.0 Å². The Morgan fingerprint density at radius 1 is 1.00 bits per heavy atom. The lowest BCUT2D eigenvalue weighted by molar-refractivity contribution is -0.115. The number of rotatable bonds is 8. The van der Waals surface area contributed by atoms with Gasteiger partial charge in [-0.25, -0.2) is 0 Å². The van der Waals surface area contributed by atoms with Crippen LogP contribution < -0.4 is 16.4 Å². The van der Waals surface area contributed by atoms with E-state index < -0.39 is 5.91 Å². The van der Waals surface area contributed by atoms with Crippen LogP contribution in [0.1, 0.15) is 33.4 Å². The Morgan fingerprint density at radius 3 is 2.40 bits per heavy atom. The highest BCUT2D eigenvalue weighted by Crippen LogP contribution is 2.29. The maximum absolute atomic E-state index is 12.7. The second kappa shape index (κ2) is 10.1. The van der Waals surface area contributed by atoms with E-state index >= 15 is 0 Å². The maximum atomic E-state index is 12.7. The number of anilines is 2. The lowest BCUT2D eigenvalue weighted by Gasteiger charge is -2.15. The van der Waals surface area contributed by atoms with Crippen LogP contribution in [0.15, 0.2) is 70.9 Å². The molecular weight excluding hydrogens is 418 g/mol. The molecule has 1 aromatic heterocycles. The van der Waals surface area contributed by atoms with Gasteiger partial charge in [0, 0.05) is 21.8 Å². The first-order chi connectivity index (χ1) is 14.5. The van der Waals surface area contributed by atoms with Crippen LogP contribution >= 0.6 is 23.1 Å². The third-order valence-corrected chi connectivity index (χ3v) is 6.44. The Hall–Kier alpha value is -3.10. The summed E-state index contributed by atoms with van der Waals surface area (Å²) in [6.45, 7) is 1.94. The molecule has 6 nitrogen and oxygen atoms in total. The highest BCUT2D eigenvalue weighted by Gasteiger charge is 2.18. The monoisotopic (exact) mass is 439 g/mol. The molecule has 0 aliphatic rings. The average molecular weight is 440 g/mol. The maximum Gasteiger partial charge on any atom is 0.265 e. The lowest BCUT2D eigenvalue weighted by Crippen LogP contribution is -2.24. The second-order valence-corrected chi connectivity index (χ2v) is 8.63. The summed E-state index contributed by atoms with van der Waals surface area (Å²) in [7, 11) is 0. The van der Waals surface area contributed by atoms with Gasteiger partial charge in [-0.3, -0.25) is 14.4 Å². The van der Waals surface area contributed by atoms with Gasteiger partial charge in [-0.15, -0.1) is 23.1 Å². The minimum absolute atomic E-state index is 0.137. The van der Waals surface area contributed by atoms with E-state index in [1.165, 1.54) is 23.1 Å². The fourth-order valence-electron chi connectivity index (χ4n) is 2.67. The summed E-state index contributed by atoms with van der Waals surface area (Å²) in [6, 6.07) is 17.5. The van der Waals surface area contributed by atoms with E-state index in [0.29, 0.717) is 28.2 Å². The van der Waals surface area contributed by atoms with E-state index in [4.69, 9.17) is 5.73 Å². The number of carbonyl (C=O) groups is 3. The van der Waals surface area contributed by atoms with E-state index in [1.54, 1.807) is 30.3 Å². The Kier molecular flexibility index (Phi) is 7.26. The first kappa shape index (κ1) is 21.6. The molecule has 1 heterocycles. The molecule has 3 rings (SSSR count). The highest BCUT2D eigenvalue weighted by atomic mass is 32.2. The van der Waals surface area contributed by atoms with Crippen molar-refractivity contribution in [3.8, 4) is 0 Å². The first-order valence-corrected chi connectivity index (χ1v) is 11.0. The van der Waals surface area contributed by atoms with Crippen LogP contribution in [0.25, 0.3) is 0 Å². The van der Waals surface area contributed by atoms with Crippen molar-refractivity contribution in [1.82, 2.24) is 0 Å². The predicted octanol–water partition coefficient (Wildman–Crippen LogP) is 4.61. The number of thiophene rings is 1. The molecule has 0 bridgehead atoms. The minimum atomic E-state index is -0.513. The van der Waals surface area contributed by atoms with Gasteiger partial charge in [0.25, 0.3) is 5.91 Å². The number of hydrogen-bond acceptors (Lipinski definition) is 5. The molecule has 30 heavy (non-hydrogen) atoms. The first-order valence-electron chi connectivity index (χ1n) is 9.28. The Morgan fingerprint density at radius 2 is 1.77 bits per heavy atom. The lowest BCUT2D eigenvalue weighted by atomic mass is 10.2. The zero-order valence-electron chi connectivity index (χ0n) is 16.3. The van der Waals surface area contributed by atoms with Gasteiger partial charge in [-0.05, 0) is 60.3 Å². The molecule has 1 unspecified atom stereocenters. The Balaban J connectivity index is 1.63. The number of hydrogen-bond donors (Lipinski definition) is 3. The van der Waals surface area contributed by atoms with Crippen LogP contribution in [0.5, 0.6) is 0 Å². The molecule has 2 aromatic carbocycles. The number of benzene rings is 2. The number of nitrogens with two attached hydrogens (primary N) is 1. The van der Waals surface area contributed by atoms with Crippen molar-refractivity contribution in [3.63, 3.8) is 0 Å². The van der Waals surface area contributed by atoms with Gasteiger partial charge in [-0.2, -0.15) is 0 Å². The molecule has 0 saturated heterocycles. The normalized spacial score (nSPS) is 11.5. The minimum Gasteiger partial charge on any atom is -0.366 e. The third-order valence-electron chi connectivity index (χ3n) is 4.22. The molecule has 0 spiro atoms. The molecule has 154 valence electrons. The van der Waals surface area contributed by atoms with Crippen LogP contribution in [0.3, 0.4) is 0 Å². The van der Waals surface area contributed by atoms with Gasteiger partial charge in [-0.1, -0.05) is 19.1 Å². The molecular formula is C22H21N3O3S2. The van der Waals surface area contributed by atoms with Crippen molar-refractivity contribution in [3.05, 3.63) is 76.5 Å². The van der Waals surface area contributed by atoms with Gasteiger partial charge in [0.2, 0.25) is 11.8 Å². The molecule has 0 radical (unpaired) electrons. The number of primary amides is 1. The van der Waals surface area contributed by atoms with Crippen LogP contribution in [0.2, 0.25) is 0 Å². The summed E-state index contributed by atoms with van der Waals surface area (Å²) in [4.78, 5) is 37.6. The summed E-state index contributed by atoms with van der Waals surface area (Å²) in [5.41, 5.74) is 6.90. The zero-order valence-corrected chi connectivity index (χ0v) is 17.9. The standard InChI is InChI=1S/C22H21N3O3S2/c1-2-18(21(27)24-15-10-8-14(9-11-15)20(23)26)30-17-6-3-5-16(13-17)25-22(28)19-7-4-12-29-19/h3-13,18H,2H2,1H3,(H2,23,26)(H,24,27)(H,25,28). The summed E-state index contributed by atoms with van der Waals surface area (Å²) in [5, 5.41) is 7.28. The van der Waals surface area contributed by atoms with Crippen molar-refractivity contribution in [1.29, 1.82) is 0 Å². The van der Waals surface area contributed by atoms with Crippen molar-refractivity contribution in [2.75, 3.05) is 10.6 Å². The third kappa shape index (κ3) is 5.71. The van der Waals surface area contributed by atoms with Gasteiger partial charge in [0.15, 0.2) is 0 Å². The number of carbonyl (C=O) groups excluding carboxylic acids is 3. The zero-order chi connectivity index (χ0) is 21.5. The van der Waals surface area contributed by atoms with Gasteiger partial charge in [0.1, 0.15) is 0 Å². The SMILES string of the molecule is CCC(Sc1cccc(NC(=O)c2cccs2)c1)C(=O)Nc1ccc(C(N)=O)cc1.